The van der Waals surface area contributed by atoms with Crippen molar-refractivity contribution in [3.8, 4) is 0 Å². The topological polar surface area (TPSA) is 52.7 Å². The van der Waals surface area contributed by atoms with E-state index < -0.39 is 0 Å². The quantitative estimate of drug-likeness (QED) is 0.916. The van der Waals surface area contributed by atoms with Gasteiger partial charge in [-0.05, 0) is 24.3 Å². The van der Waals surface area contributed by atoms with Gasteiger partial charge in [0.15, 0.2) is 0 Å². The van der Waals surface area contributed by atoms with Crippen molar-refractivity contribution < 1.29 is 9.59 Å². The number of amides is 2. The number of carbonyl (C=O) groups is 2. The first kappa shape index (κ1) is 15.5. The van der Waals surface area contributed by atoms with Crippen LogP contribution in [-0.2, 0) is 4.79 Å². The Morgan fingerprint density at radius 3 is 2.55 bits per heavy atom. The van der Waals surface area contributed by atoms with Crippen LogP contribution in [0, 0.1) is 0 Å². The van der Waals surface area contributed by atoms with E-state index in [1.807, 2.05) is 16.3 Å². The maximum absolute atomic E-state index is 12.2. The summed E-state index contributed by atoms with van der Waals surface area (Å²) in [7, 11) is 0. The van der Waals surface area contributed by atoms with Crippen LogP contribution in [0.4, 0.5) is 0 Å². The van der Waals surface area contributed by atoms with Crippen LogP contribution in [-0.4, -0.2) is 60.4 Å². The highest BCUT2D eigenvalue weighted by molar-refractivity contribution is 7.12. The number of nitrogens with zero attached hydrogens (tertiary/aromatic N) is 2. The van der Waals surface area contributed by atoms with Crippen molar-refractivity contribution in [2.45, 2.75) is 31.7 Å². The van der Waals surface area contributed by atoms with Gasteiger partial charge in [0.1, 0.15) is 0 Å². The molecule has 0 unspecified atom stereocenters. The maximum Gasteiger partial charge on any atom is 0.261 e. The Morgan fingerprint density at radius 1 is 1.18 bits per heavy atom. The van der Waals surface area contributed by atoms with Crippen molar-refractivity contribution in [2.75, 3.05) is 32.7 Å². The van der Waals surface area contributed by atoms with Crippen LogP contribution in [0.25, 0.3) is 0 Å². The van der Waals surface area contributed by atoms with E-state index in [1.165, 1.54) is 37.0 Å². The third kappa shape index (κ3) is 3.67. The van der Waals surface area contributed by atoms with Gasteiger partial charge in [0, 0.05) is 32.2 Å². The van der Waals surface area contributed by atoms with Crippen molar-refractivity contribution >= 4 is 23.2 Å². The lowest BCUT2D eigenvalue weighted by atomic mass is 10.2. The molecule has 120 valence electrons. The van der Waals surface area contributed by atoms with Crippen molar-refractivity contribution in [1.29, 1.82) is 0 Å². The molecule has 0 radical (unpaired) electrons. The first-order valence-electron chi connectivity index (χ1n) is 8.07. The molecule has 1 aliphatic heterocycles. The highest BCUT2D eigenvalue weighted by atomic mass is 32.1. The van der Waals surface area contributed by atoms with Gasteiger partial charge >= 0.3 is 0 Å². The SMILES string of the molecule is O=C(NCC(=O)N1CCN(C2CCCC2)CC1)c1cccs1. The zero-order valence-electron chi connectivity index (χ0n) is 12.8. The van der Waals surface area contributed by atoms with Crippen LogP contribution in [0.2, 0.25) is 0 Å². The Kier molecular flexibility index (Phi) is 5.10. The fraction of sp³-hybridized carbons (Fsp3) is 0.625. The second-order valence-corrected chi connectivity index (χ2v) is 6.96. The average molecular weight is 321 g/mol. The van der Waals surface area contributed by atoms with Crippen molar-refractivity contribution in [3.05, 3.63) is 22.4 Å². The summed E-state index contributed by atoms with van der Waals surface area (Å²) in [6.07, 6.45) is 5.31. The lowest BCUT2D eigenvalue weighted by molar-refractivity contribution is -0.132. The van der Waals surface area contributed by atoms with Gasteiger partial charge in [-0.3, -0.25) is 14.5 Å². The maximum atomic E-state index is 12.2. The fourth-order valence-electron chi connectivity index (χ4n) is 3.37. The lowest BCUT2D eigenvalue weighted by Crippen LogP contribution is -2.53. The van der Waals surface area contributed by atoms with Gasteiger partial charge in [0.25, 0.3) is 5.91 Å². The summed E-state index contributed by atoms with van der Waals surface area (Å²) in [5.41, 5.74) is 0. The third-order valence-electron chi connectivity index (χ3n) is 4.65. The van der Waals surface area contributed by atoms with E-state index in [4.69, 9.17) is 0 Å². The molecule has 1 saturated heterocycles. The van der Waals surface area contributed by atoms with Crippen molar-refractivity contribution in [1.82, 2.24) is 15.1 Å². The molecule has 2 aliphatic rings. The summed E-state index contributed by atoms with van der Waals surface area (Å²) in [5.74, 6) is -0.135. The minimum atomic E-state index is -0.159. The van der Waals surface area contributed by atoms with E-state index in [2.05, 4.69) is 10.2 Å². The summed E-state index contributed by atoms with van der Waals surface area (Å²) in [5, 5.41) is 4.58. The Bertz CT molecular complexity index is 503. The van der Waals surface area contributed by atoms with E-state index in [1.54, 1.807) is 6.07 Å². The summed E-state index contributed by atoms with van der Waals surface area (Å²) in [6.45, 7) is 3.60. The molecule has 1 N–H and O–H groups in total. The number of nitrogens with one attached hydrogen (secondary N) is 1. The average Bonchev–Trinajstić information content (AvgIpc) is 3.25. The second-order valence-electron chi connectivity index (χ2n) is 6.02. The second kappa shape index (κ2) is 7.24. The highest BCUT2D eigenvalue weighted by Crippen LogP contribution is 2.24. The molecule has 6 heteroatoms. The highest BCUT2D eigenvalue weighted by Gasteiger charge is 2.27. The molecule has 0 aromatic carbocycles. The summed E-state index contributed by atoms with van der Waals surface area (Å²) >= 11 is 1.39. The van der Waals surface area contributed by atoms with Crippen LogP contribution >= 0.6 is 11.3 Å². The molecule has 1 aromatic heterocycles. The molecule has 1 saturated carbocycles. The van der Waals surface area contributed by atoms with Crippen LogP contribution in [0.15, 0.2) is 17.5 Å². The third-order valence-corrected chi connectivity index (χ3v) is 5.52. The first-order valence-corrected chi connectivity index (χ1v) is 8.95. The first-order chi connectivity index (χ1) is 10.7. The molecule has 2 heterocycles. The Balaban J connectivity index is 1.41. The lowest BCUT2D eigenvalue weighted by Gasteiger charge is -2.38. The van der Waals surface area contributed by atoms with E-state index in [0.29, 0.717) is 4.88 Å². The van der Waals surface area contributed by atoms with Gasteiger partial charge < -0.3 is 10.2 Å². The van der Waals surface area contributed by atoms with Gasteiger partial charge in [-0.15, -0.1) is 11.3 Å². The largest absolute Gasteiger partial charge is 0.342 e. The predicted octanol–water partition coefficient (Wildman–Crippen LogP) is 1.56. The Hall–Kier alpha value is -1.40. The molecule has 3 rings (SSSR count). The smallest absolute Gasteiger partial charge is 0.261 e. The zero-order chi connectivity index (χ0) is 15.4. The Labute approximate surface area is 135 Å². The van der Waals surface area contributed by atoms with Crippen LogP contribution in [0.1, 0.15) is 35.4 Å². The molecule has 0 atom stereocenters. The van der Waals surface area contributed by atoms with Gasteiger partial charge in [-0.2, -0.15) is 0 Å². The van der Waals surface area contributed by atoms with E-state index in [-0.39, 0.29) is 18.4 Å². The molecule has 2 amide bonds. The Morgan fingerprint density at radius 2 is 1.91 bits per heavy atom. The van der Waals surface area contributed by atoms with Crippen LogP contribution in [0.3, 0.4) is 0 Å². The summed E-state index contributed by atoms with van der Waals surface area (Å²) in [4.78, 5) is 29.1. The number of rotatable bonds is 4. The molecule has 1 aromatic rings. The molecular formula is C16H23N3O2S. The van der Waals surface area contributed by atoms with E-state index >= 15 is 0 Å². The summed E-state index contributed by atoms with van der Waals surface area (Å²) < 4.78 is 0. The molecule has 5 nitrogen and oxygen atoms in total. The number of hydrogen-bond acceptors (Lipinski definition) is 4. The van der Waals surface area contributed by atoms with E-state index in [9.17, 15) is 9.59 Å². The number of hydrogen-bond donors (Lipinski definition) is 1. The molecule has 22 heavy (non-hydrogen) atoms. The minimum Gasteiger partial charge on any atom is -0.342 e. The van der Waals surface area contributed by atoms with Gasteiger partial charge in [0.2, 0.25) is 5.91 Å². The number of thiophene rings is 1. The molecule has 1 aliphatic carbocycles. The standard InChI is InChI=1S/C16H23N3O2S/c20-15(12-17-16(21)14-6-3-11-22-14)19-9-7-18(8-10-19)13-4-1-2-5-13/h3,6,11,13H,1-2,4-5,7-10,12H2,(H,17,21). The van der Waals surface area contributed by atoms with Crippen molar-refractivity contribution in [3.63, 3.8) is 0 Å². The van der Waals surface area contributed by atoms with Gasteiger partial charge in [-0.1, -0.05) is 18.9 Å². The molecule has 0 spiro atoms. The van der Waals surface area contributed by atoms with Gasteiger partial charge in [-0.25, -0.2) is 0 Å². The zero-order valence-corrected chi connectivity index (χ0v) is 13.6. The predicted molar refractivity (Wildman–Crippen MR) is 87.1 cm³/mol. The molecule has 0 bridgehead atoms. The minimum absolute atomic E-state index is 0.0241. The van der Waals surface area contributed by atoms with Crippen LogP contribution < -0.4 is 5.32 Å². The fourth-order valence-corrected chi connectivity index (χ4v) is 4.01. The van der Waals surface area contributed by atoms with Crippen molar-refractivity contribution in [2.24, 2.45) is 0 Å². The van der Waals surface area contributed by atoms with E-state index in [0.717, 1.165) is 32.2 Å². The normalized spacial score (nSPS) is 20.3. The van der Waals surface area contributed by atoms with Gasteiger partial charge in [0.05, 0.1) is 11.4 Å². The summed E-state index contributed by atoms with van der Waals surface area (Å²) in [6, 6.07) is 4.34. The number of piperazine rings is 1. The van der Waals surface area contributed by atoms with Crippen LogP contribution in [0.5, 0.6) is 0 Å². The molecular weight excluding hydrogens is 298 g/mol. The monoisotopic (exact) mass is 321 g/mol. The molecule has 2 fully saturated rings. The number of carbonyl (C=O) groups excluding carboxylic acids is 2.